The van der Waals surface area contributed by atoms with Crippen molar-refractivity contribution in [2.45, 2.75) is 0 Å². The lowest BCUT2D eigenvalue weighted by Crippen LogP contribution is -2.32. The van der Waals surface area contributed by atoms with Gasteiger partial charge in [0.1, 0.15) is 17.3 Å². The predicted octanol–water partition coefficient (Wildman–Crippen LogP) is 1.02. The van der Waals surface area contributed by atoms with Gasteiger partial charge < -0.3 is 10.2 Å². The third kappa shape index (κ3) is 3.08. The fraction of sp³-hybridized carbons (Fsp3) is 0. The van der Waals surface area contributed by atoms with E-state index < -0.39 is 17.6 Å². The number of hydrogen-bond donors (Lipinski definition) is 2. The molecule has 3 N–H and O–H groups in total. The Balaban J connectivity index is 2.10. The fourth-order valence-electron chi connectivity index (χ4n) is 1.44. The van der Waals surface area contributed by atoms with Gasteiger partial charge in [0.2, 0.25) is 0 Å². The van der Waals surface area contributed by atoms with E-state index >= 15 is 0 Å². The highest BCUT2D eigenvalue weighted by Gasteiger charge is 2.09. The number of benzene rings is 1. The summed E-state index contributed by atoms with van der Waals surface area (Å²) in [4.78, 5) is 21.3. The van der Waals surface area contributed by atoms with E-state index in [2.05, 4.69) is 5.10 Å². The van der Waals surface area contributed by atoms with Gasteiger partial charge >= 0.3 is 11.8 Å². The molecule has 0 spiro atoms. The van der Waals surface area contributed by atoms with E-state index in [0.717, 1.165) is 0 Å². The predicted molar refractivity (Wildman–Crippen MR) is 69.0 cm³/mol. The second-order valence-corrected chi connectivity index (χ2v) is 3.75. The molecule has 1 aromatic carbocycles. The molecule has 1 heterocycles. The number of carbonyl (C=O) groups excluding carboxylic acids is 2. The van der Waals surface area contributed by atoms with Crippen molar-refractivity contribution < 1.29 is 18.4 Å². The summed E-state index contributed by atoms with van der Waals surface area (Å²) in [6.45, 7) is 0. The molecule has 102 valence electrons. The summed E-state index contributed by atoms with van der Waals surface area (Å²) >= 11 is 0. The number of rotatable bonds is 3. The van der Waals surface area contributed by atoms with Gasteiger partial charge in [-0.05, 0) is 24.3 Å². The molecule has 20 heavy (non-hydrogen) atoms. The van der Waals surface area contributed by atoms with Gasteiger partial charge in [-0.3, -0.25) is 9.59 Å². The van der Waals surface area contributed by atoms with Gasteiger partial charge in [-0.15, -0.1) is 0 Å². The van der Waals surface area contributed by atoms with E-state index in [9.17, 15) is 14.0 Å². The van der Waals surface area contributed by atoms with Crippen LogP contribution in [0.2, 0.25) is 0 Å². The van der Waals surface area contributed by atoms with Gasteiger partial charge in [0.05, 0.1) is 11.8 Å². The molecule has 7 heteroatoms. The lowest BCUT2D eigenvalue weighted by atomic mass is 10.1. The second-order valence-electron chi connectivity index (χ2n) is 3.75. The molecule has 0 unspecified atom stereocenters. The molecule has 0 aliphatic heterocycles. The van der Waals surface area contributed by atoms with Gasteiger partial charge in [0, 0.05) is 0 Å². The average Bonchev–Trinajstić information content (AvgIpc) is 2.87. The molecule has 0 atom stereocenters. The number of hydrogen-bond acceptors (Lipinski definition) is 4. The Morgan fingerprint density at radius 2 is 2.00 bits per heavy atom. The molecule has 0 aliphatic rings. The molecule has 2 amide bonds. The number of nitrogens with two attached hydrogens (primary N) is 1. The lowest BCUT2D eigenvalue weighted by Gasteiger charge is -1.97. The van der Waals surface area contributed by atoms with Crippen molar-refractivity contribution in [3.05, 3.63) is 48.0 Å². The number of hydrazone groups is 1. The van der Waals surface area contributed by atoms with E-state index in [1.165, 1.54) is 12.3 Å². The molecule has 0 radical (unpaired) electrons. The van der Waals surface area contributed by atoms with Gasteiger partial charge in [0.15, 0.2) is 0 Å². The molecule has 0 saturated heterocycles. The standard InChI is InChI=1S/C13H10FN3O3/c14-10-4-2-1-3-9(10)11-6-5-8(20-11)7-16-17-13(19)12(15)18/h1-7H,(H2,15,18)(H,17,19)/b16-7-. The molecular formula is C13H10FN3O3. The second kappa shape index (κ2) is 5.79. The monoisotopic (exact) mass is 275 g/mol. The summed E-state index contributed by atoms with van der Waals surface area (Å²) in [6, 6.07) is 9.26. The molecule has 0 aliphatic carbocycles. The van der Waals surface area contributed by atoms with Crippen LogP contribution in [-0.4, -0.2) is 18.0 Å². The Kier molecular flexibility index (Phi) is 3.90. The number of furan rings is 1. The fourth-order valence-corrected chi connectivity index (χ4v) is 1.44. The lowest BCUT2D eigenvalue weighted by molar-refractivity contribution is -0.137. The summed E-state index contributed by atoms with van der Waals surface area (Å²) in [5.74, 6) is -1.98. The van der Waals surface area contributed by atoms with Crippen LogP contribution in [0.15, 0.2) is 45.9 Å². The highest BCUT2D eigenvalue weighted by Crippen LogP contribution is 2.23. The van der Waals surface area contributed by atoms with Crippen LogP contribution in [0.5, 0.6) is 0 Å². The summed E-state index contributed by atoms with van der Waals surface area (Å²) in [5, 5.41) is 3.48. The third-order valence-corrected chi connectivity index (χ3v) is 2.35. The van der Waals surface area contributed by atoms with Crippen LogP contribution in [0.1, 0.15) is 5.76 Å². The minimum atomic E-state index is -1.14. The first kappa shape index (κ1) is 13.5. The number of nitrogens with zero attached hydrogens (tertiary/aromatic N) is 1. The Hall–Kier alpha value is -2.96. The topological polar surface area (TPSA) is 97.7 Å². The number of primary amides is 1. The number of amides is 2. The Labute approximate surface area is 113 Å². The first-order chi connectivity index (χ1) is 9.58. The highest BCUT2D eigenvalue weighted by molar-refractivity contribution is 6.34. The van der Waals surface area contributed by atoms with Gasteiger partial charge in [0.25, 0.3) is 0 Å². The van der Waals surface area contributed by atoms with Crippen molar-refractivity contribution in [1.82, 2.24) is 5.43 Å². The first-order valence-corrected chi connectivity index (χ1v) is 5.55. The molecule has 1 aromatic heterocycles. The summed E-state index contributed by atoms with van der Waals surface area (Å²) in [5.41, 5.74) is 6.95. The molecule has 6 nitrogen and oxygen atoms in total. The zero-order valence-electron chi connectivity index (χ0n) is 10.2. The largest absolute Gasteiger partial charge is 0.455 e. The van der Waals surface area contributed by atoms with Crippen LogP contribution >= 0.6 is 0 Å². The van der Waals surface area contributed by atoms with E-state index in [1.54, 1.807) is 30.3 Å². The normalized spacial score (nSPS) is 10.7. The zero-order chi connectivity index (χ0) is 14.5. The van der Waals surface area contributed by atoms with Crippen molar-refractivity contribution in [2.75, 3.05) is 0 Å². The zero-order valence-corrected chi connectivity index (χ0v) is 10.2. The first-order valence-electron chi connectivity index (χ1n) is 5.55. The maximum Gasteiger partial charge on any atom is 0.329 e. The van der Waals surface area contributed by atoms with Crippen molar-refractivity contribution >= 4 is 18.0 Å². The third-order valence-electron chi connectivity index (χ3n) is 2.35. The van der Waals surface area contributed by atoms with Crippen molar-refractivity contribution in [1.29, 1.82) is 0 Å². The Morgan fingerprint density at radius 1 is 1.25 bits per heavy atom. The van der Waals surface area contributed by atoms with Crippen LogP contribution in [0.25, 0.3) is 11.3 Å². The van der Waals surface area contributed by atoms with Gasteiger partial charge in [-0.2, -0.15) is 5.10 Å². The number of halogens is 1. The smallest absolute Gasteiger partial charge is 0.329 e. The number of nitrogens with one attached hydrogen (secondary N) is 1. The van der Waals surface area contributed by atoms with Crippen LogP contribution in [0.4, 0.5) is 4.39 Å². The summed E-state index contributed by atoms with van der Waals surface area (Å²) in [7, 11) is 0. The minimum Gasteiger partial charge on any atom is -0.455 e. The van der Waals surface area contributed by atoms with Crippen LogP contribution in [-0.2, 0) is 9.59 Å². The van der Waals surface area contributed by atoms with E-state index in [-0.39, 0.29) is 5.76 Å². The van der Waals surface area contributed by atoms with Crippen molar-refractivity contribution in [2.24, 2.45) is 10.8 Å². The van der Waals surface area contributed by atoms with Crippen LogP contribution < -0.4 is 11.2 Å². The maximum absolute atomic E-state index is 13.5. The molecule has 2 rings (SSSR count). The van der Waals surface area contributed by atoms with Crippen molar-refractivity contribution in [3.8, 4) is 11.3 Å². The summed E-state index contributed by atoms with van der Waals surface area (Å²) in [6.07, 6.45) is 1.17. The maximum atomic E-state index is 13.5. The van der Waals surface area contributed by atoms with Gasteiger partial charge in [-0.25, -0.2) is 9.82 Å². The highest BCUT2D eigenvalue weighted by atomic mass is 19.1. The van der Waals surface area contributed by atoms with E-state index in [4.69, 9.17) is 10.2 Å². The van der Waals surface area contributed by atoms with Crippen molar-refractivity contribution in [3.63, 3.8) is 0 Å². The SMILES string of the molecule is NC(=O)C(=O)N/N=C\c1ccc(-c2ccccc2F)o1. The van der Waals surface area contributed by atoms with Crippen LogP contribution in [0.3, 0.4) is 0 Å². The molecule has 2 aromatic rings. The number of carbonyl (C=O) groups is 2. The van der Waals surface area contributed by atoms with Gasteiger partial charge in [-0.1, -0.05) is 12.1 Å². The van der Waals surface area contributed by atoms with E-state index in [0.29, 0.717) is 11.3 Å². The average molecular weight is 275 g/mol. The quantitative estimate of drug-likeness (QED) is 0.497. The molecule has 0 fully saturated rings. The molecule has 0 bridgehead atoms. The summed E-state index contributed by atoms with van der Waals surface area (Å²) < 4.78 is 18.9. The van der Waals surface area contributed by atoms with Crippen LogP contribution in [0, 0.1) is 5.82 Å². The molecular weight excluding hydrogens is 265 g/mol. The Morgan fingerprint density at radius 3 is 2.70 bits per heavy atom. The Bertz CT molecular complexity index is 679. The minimum absolute atomic E-state index is 0.285. The molecule has 0 saturated carbocycles. The van der Waals surface area contributed by atoms with E-state index in [1.807, 2.05) is 5.43 Å².